The molecule has 12 heteroatoms. The van der Waals surface area contributed by atoms with Crippen LogP contribution in [0.25, 0.3) is 10.2 Å². The largest absolute Gasteiger partial charge is 0.465 e. The highest BCUT2D eigenvalue weighted by Gasteiger charge is 2.24. The maximum absolute atomic E-state index is 13.2. The smallest absolute Gasteiger partial charge is 0.326 e. The molecule has 0 aliphatic carbocycles. The molecule has 1 aromatic heterocycles. The third kappa shape index (κ3) is 7.24. The molecule has 0 fully saturated rings. The lowest BCUT2D eigenvalue weighted by atomic mass is 10.2. The number of hydrogen-bond acceptors (Lipinski definition) is 6. The van der Waals surface area contributed by atoms with Gasteiger partial charge in [0.05, 0.1) is 26.7 Å². The number of nitrogens with zero attached hydrogens (tertiary/aromatic N) is 3. The molecule has 2 aromatic carbocycles. The van der Waals surface area contributed by atoms with Crippen LogP contribution in [0.2, 0.25) is 10.0 Å². The number of halogens is 2. The summed E-state index contributed by atoms with van der Waals surface area (Å²) in [6.07, 6.45) is 3.32. The Labute approximate surface area is 236 Å². The maximum Gasteiger partial charge on any atom is 0.326 e. The molecule has 0 bridgehead atoms. The Bertz CT molecular complexity index is 1460. The van der Waals surface area contributed by atoms with E-state index in [4.69, 9.17) is 27.9 Å². The summed E-state index contributed by atoms with van der Waals surface area (Å²) in [4.78, 5) is 29.9. The molecule has 8 nitrogen and oxygen atoms in total. The molecule has 0 radical (unpaired) electrons. The fraction of sp³-hybridized carbons (Fsp3) is 0.423. The van der Waals surface area contributed by atoms with Crippen LogP contribution in [0.15, 0.2) is 46.3 Å². The number of hydrogen-bond donors (Lipinski definition) is 0. The molecule has 1 heterocycles. The number of unbranched alkanes of at least 4 members (excludes halogenated alkanes) is 2. The summed E-state index contributed by atoms with van der Waals surface area (Å²) in [6.45, 7) is 6.65. The first kappa shape index (κ1) is 30.3. The van der Waals surface area contributed by atoms with Gasteiger partial charge in [-0.1, -0.05) is 61.2 Å². The number of carbonyl (C=O) groups is 2. The van der Waals surface area contributed by atoms with Gasteiger partial charge >= 0.3 is 5.97 Å². The van der Waals surface area contributed by atoms with Crippen LogP contribution in [-0.2, 0) is 26.1 Å². The molecule has 0 aliphatic rings. The van der Waals surface area contributed by atoms with E-state index in [2.05, 4.69) is 4.99 Å². The molecule has 0 unspecified atom stereocenters. The summed E-state index contributed by atoms with van der Waals surface area (Å²) >= 11 is 13.7. The molecule has 3 aromatic rings. The Hall–Kier alpha value is -2.24. The summed E-state index contributed by atoms with van der Waals surface area (Å²) in [6, 6.07) is 8.98. The second-order valence-corrected chi connectivity index (χ2v) is 12.4. The Morgan fingerprint density at radius 2 is 1.66 bits per heavy atom. The first-order chi connectivity index (χ1) is 18.1. The normalized spacial score (nSPS) is 12.4. The second kappa shape index (κ2) is 13.7. The van der Waals surface area contributed by atoms with Gasteiger partial charge in [-0.2, -0.15) is 9.30 Å². The van der Waals surface area contributed by atoms with Gasteiger partial charge < -0.3 is 9.30 Å². The van der Waals surface area contributed by atoms with Crippen molar-refractivity contribution in [1.82, 2.24) is 8.87 Å². The van der Waals surface area contributed by atoms with Crippen molar-refractivity contribution in [2.24, 2.45) is 4.99 Å². The molecule has 206 valence electrons. The van der Waals surface area contributed by atoms with E-state index in [9.17, 15) is 18.0 Å². The molecule has 3 rings (SSSR count). The van der Waals surface area contributed by atoms with Gasteiger partial charge in [0, 0.05) is 23.7 Å². The maximum atomic E-state index is 13.2. The van der Waals surface area contributed by atoms with E-state index >= 15 is 0 Å². The van der Waals surface area contributed by atoms with Crippen LogP contribution in [0.1, 0.15) is 56.8 Å². The zero-order chi connectivity index (χ0) is 27.9. The predicted molar refractivity (Wildman–Crippen MR) is 151 cm³/mol. The van der Waals surface area contributed by atoms with Crippen LogP contribution < -0.4 is 4.80 Å². The number of sulfonamides is 1. The number of thiazole rings is 1. The number of esters is 1. The number of amides is 1. The monoisotopic (exact) mass is 599 g/mol. The minimum atomic E-state index is -3.69. The standard InChI is InChI=1S/C26H31Cl2N3O5S2/c1-4-7-13-30(14-8-5-2)38(34,35)20-11-9-18(10-12-20)25(33)29-26-31(17-23(32)36-6-3)24-21(28)15-19(27)16-22(24)37-26/h9-12,15-16H,4-8,13-14,17H2,1-3H3. The molecule has 0 atom stereocenters. The first-order valence-corrected chi connectivity index (χ1v) is 15.5. The highest BCUT2D eigenvalue weighted by molar-refractivity contribution is 7.89. The third-order valence-corrected chi connectivity index (χ3v) is 9.19. The van der Waals surface area contributed by atoms with Gasteiger partial charge in [-0.05, 0) is 56.2 Å². The van der Waals surface area contributed by atoms with Crippen molar-refractivity contribution >= 4 is 66.7 Å². The van der Waals surface area contributed by atoms with E-state index < -0.39 is 21.9 Å². The Kier molecular flexibility index (Phi) is 10.9. The number of benzene rings is 2. The highest BCUT2D eigenvalue weighted by atomic mass is 35.5. The van der Waals surface area contributed by atoms with Crippen LogP contribution >= 0.6 is 34.5 Å². The fourth-order valence-electron chi connectivity index (χ4n) is 3.79. The van der Waals surface area contributed by atoms with Crippen LogP contribution in [-0.4, -0.2) is 48.9 Å². The number of ether oxygens (including phenoxy) is 1. The summed E-state index contributed by atoms with van der Waals surface area (Å²) < 4.78 is 35.2. The molecule has 0 aliphatic heterocycles. The third-order valence-electron chi connectivity index (χ3n) is 5.75. The van der Waals surface area contributed by atoms with Crippen molar-refractivity contribution in [1.29, 1.82) is 0 Å². The molecule has 0 saturated carbocycles. The van der Waals surface area contributed by atoms with Crippen LogP contribution in [0.4, 0.5) is 0 Å². The topological polar surface area (TPSA) is 98.0 Å². The van der Waals surface area contributed by atoms with Crippen molar-refractivity contribution in [2.75, 3.05) is 19.7 Å². The fourth-order valence-corrected chi connectivity index (χ4v) is 7.12. The number of rotatable bonds is 12. The lowest BCUT2D eigenvalue weighted by Gasteiger charge is -2.22. The van der Waals surface area contributed by atoms with Gasteiger partial charge in [-0.15, -0.1) is 0 Å². The predicted octanol–water partition coefficient (Wildman–Crippen LogP) is 5.90. The molecular formula is C26H31Cl2N3O5S2. The molecule has 38 heavy (non-hydrogen) atoms. The Balaban J connectivity index is 1.97. The zero-order valence-electron chi connectivity index (χ0n) is 21.6. The van der Waals surface area contributed by atoms with Gasteiger partial charge in [0.15, 0.2) is 4.80 Å². The van der Waals surface area contributed by atoms with E-state index in [-0.39, 0.29) is 28.4 Å². The second-order valence-electron chi connectivity index (χ2n) is 8.56. The van der Waals surface area contributed by atoms with Crippen LogP contribution in [0, 0.1) is 0 Å². The molecule has 0 spiro atoms. The van der Waals surface area contributed by atoms with Crippen molar-refractivity contribution in [3.63, 3.8) is 0 Å². The molecule has 0 saturated heterocycles. The SMILES string of the molecule is CCCCN(CCCC)S(=O)(=O)c1ccc(C(=O)N=c2sc3cc(Cl)cc(Cl)c3n2CC(=O)OCC)cc1. The number of aromatic nitrogens is 1. The van der Waals surface area contributed by atoms with Crippen molar-refractivity contribution in [3.05, 3.63) is 56.8 Å². The first-order valence-electron chi connectivity index (χ1n) is 12.5. The lowest BCUT2D eigenvalue weighted by molar-refractivity contribution is -0.143. The van der Waals surface area contributed by atoms with Gasteiger partial charge in [-0.3, -0.25) is 9.59 Å². The van der Waals surface area contributed by atoms with Crippen LogP contribution in [0.3, 0.4) is 0 Å². The number of fused-ring (bicyclic) bond motifs is 1. The van der Waals surface area contributed by atoms with Gasteiger partial charge in [0.25, 0.3) is 5.91 Å². The zero-order valence-corrected chi connectivity index (χ0v) is 24.7. The van der Waals surface area contributed by atoms with Gasteiger partial charge in [-0.25, -0.2) is 8.42 Å². The Morgan fingerprint density at radius 3 is 2.24 bits per heavy atom. The van der Waals surface area contributed by atoms with E-state index in [0.717, 1.165) is 37.0 Å². The highest BCUT2D eigenvalue weighted by Crippen LogP contribution is 2.30. The van der Waals surface area contributed by atoms with E-state index in [1.807, 2.05) is 13.8 Å². The summed E-state index contributed by atoms with van der Waals surface area (Å²) in [7, 11) is -3.69. The van der Waals surface area contributed by atoms with Gasteiger partial charge in [0.2, 0.25) is 10.0 Å². The lowest BCUT2D eigenvalue weighted by Crippen LogP contribution is -2.33. The van der Waals surface area contributed by atoms with E-state index in [1.54, 1.807) is 19.1 Å². The van der Waals surface area contributed by atoms with Gasteiger partial charge in [0.1, 0.15) is 6.54 Å². The minimum absolute atomic E-state index is 0.127. The minimum Gasteiger partial charge on any atom is -0.465 e. The summed E-state index contributed by atoms with van der Waals surface area (Å²) in [5, 5.41) is 0.723. The Morgan fingerprint density at radius 1 is 1.03 bits per heavy atom. The molecule has 1 amide bonds. The van der Waals surface area contributed by atoms with Crippen molar-refractivity contribution in [3.8, 4) is 0 Å². The van der Waals surface area contributed by atoms with Crippen LogP contribution in [0.5, 0.6) is 0 Å². The average Bonchev–Trinajstić information content (AvgIpc) is 3.20. The molecular weight excluding hydrogens is 569 g/mol. The quantitative estimate of drug-likeness (QED) is 0.241. The van der Waals surface area contributed by atoms with Crippen molar-refractivity contribution in [2.45, 2.75) is 57.9 Å². The number of carbonyl (C=O) groups excluding carboxylic acids is 2. The van der Waals surface area contributed by atoms with Crippen molar-refractivity contribution < 1.29 is 22.7 Å². The molecule has 0 N–H and O–H groups in total. The average molecular weight is 601 g/mol. The summed E-state index contributed by atoms with van der Waals surface area (Å²) in [5.74, 6) is -1.09. The van der Waals surface area contributed by atoms with E-state index in [0.29, 0.717) is 33.4 Å². The summed E-state index contributed by atoms with van der Waals surface area (Å²) in [5.41, 5.74) is 0.725. The van der Waals surface area contributed by atoms with E-state index in [1.165, 1.54) is 33.1 Å².